The quantitative estimate of drug-likeness (QED) is 0.237. The average Bonchev–Trinajstić information content (AvgIpc) is 3.55. The van der Waals surface area contributed by atoms with Crippen molar-refractivity contribution in [2.75, 3.05) is 14.2 Å². The lowest BCUT2D eigenvalue weighted by Crippen LogP contribution is -2.36. The van der Waals surface area contributed by atoms with E-state index in [0.29, 0.717) is 13.1 Å². The zero-order valence-corrected chi connectivity index (χ0v) is 21.5. The van der Waals surface area contributed by atoms with Crippen molar-refractivity contribution >= 4 is 29.9 Å². The maximum absolute atomic E-state index is 6.34. The summed E-state index contributed by atoms with van der Waals surface area (Å²) in [6, 6.07) is 16.2. The van der Waals surface area contributed by atoms with Crippen LogP contribution in [0.2, 0.25) is 0 Å². The Morgan fingerprint density at radius 3 is 2.61 bits per heavy atom. The summed E-state index contributed by atoms with van der Waals surface area (Å²) in [6.07, 6.45) is 8.64. The zero-order valence-electron chi connectivity index (χ0n) is 19.2. The number of guanidine groups is 1. The molecule has 2 N–H and O–H groups in total. The van der Waals surface area contributed by atoms with Crippen LogP contribution in [-0.4, -0.2) is 36.0 Å². The molecule has 0 amide bonds. The van der Waals surface area contributed by atoms with Crippen LogP contribution in [0.1, 0.15) is 36.8 Å². The number of methoxy groups -OCH3 is 1. The van der Waals surface area contributed by atoms with Gasteiger partial charge in [-0.1, -0.05) is 24.3 Å². The molecule has 1 aliphatic carbocycles. The first-order valence-corrected chi connectivity index (χ1v) is 11.1. The fourth-order valence-electron chi connectivity index (χ4n) is 3.98. The summed E-state index contributed by atoms with van der Waals surface area (Å²) >= 11 is 0. The van der Waals surface area contributed by atoms with Crippen molar-refractivity contribution in [1.82, 2.24) is 20.4 Å². The molecule has 0 radical (unpaired) electrons. The molecule has 1 fully saturated rings. The van der Waals surface area contributed by atoms with Crippen LogP contribution in [0.3, 0.4) is 0 Å². The molecule has 0 spiro atoms. The lowest BCUT2D eigenvalue weighted by Gasteiger charge is -2.20. The van der Waals surface area contributed by atoms with Crippen molar-refractivity contribution in [1.29, 1.82) is 0 Å². The number of hydrogen-bond acceptors (Lipinski definition) is 4. The van der Waals surface area contributed by atoms with Gasteiger partial charge in [0.25, 0.3) is 0 Å². The van der Waals surface area contributed by atoms with Crippen LogP contribution in [0.15, 0.2) is 65.9 Å². The first kappa shape index (κ1) is 24.9. The van der Waals surface area contributed by atoms with Crippen LogP contribution in [0.4, 0.5) is 0 Å². The third-order valence-corrected chi connectivity index (χ3v) is 5.68. The van der Waals surface area contributed by atoms with Gasteiger partial charge in [-0.25, -0.2) is 4.68 Å². The summed E-state index contributed by atoms with van der Waals surface area (Å²) in [5.74, 6) is 2.33. The number of benzene rings is 2. The van der Waals surface area contributed by atoms with E-state index in [-0.39, 0.29) is 30.1 Å². The molecule has 0 unspecified atom stereocenters. The van der Waals surface area contributed by atoms with E-state index in [9.17, 15) is 0 Å². The van der Waals surface area contributed by atoms with Crippen LogP contribution in [-0.2, 0) is 13.1 Å². The Morgan fingerprint density at radius 1 is 1.09 bits per heavy atom. The fourth-order valence-corrected chi connectivity index (χ4v) is 3.98. The highest BCUT2D eigenvalue weighted by atomic mass is 127. The van der Waals surface area contributed by atoms with Gasteiger partial charge in [0.1, 0.15) is 0 Å². The normalized spacial score (nSPS) is 13.9. The van der Waals surface area contributed by atoms with Crippen molar-refractivity contribution in [2.45, 2.75) is 44.9 Å². The molecule has 4 rings (SSSR count). The molecule has 7 nitrogen and oxygen atoms in total. The predicted molar refractivity (Wildman–Crippen MR) is 142 cm³/mol. The zero-order chi connectivity index (χ0) is 22.2. The summed E-state index contributed by atoms with van der Waals surface area (Å²) in [5.41, 5.74) is 3.23. The predicted octanol–water partition coefficient (Wildman–Crippen LogP) is 4.69. The van der Waals surface area contributed by atoms with E-state index in [1.165, 1.54) is 12.8 Å². The van der Waals surface area contributed by atoms with E-state index in [1.807, 2.05) is 41.2 Å². The molecule has 0 saturated heterocycles. The Bertz CT molecular complexity index is 1030. The molecule has 8 heteroatoms. The Balaban J connectivity index is 0.00000306. The third kappa shape index (κ3) is 6.63. The van der Waals surface area contributed by atoms with Gasteiger partial charge in [0, 0.05) is 38.1 Å². The smallest absolute Gasteiger partial charge is 0.191 e. The molecule has 2 aromatic carbocycles. The van der Waals surface area contributed by atoms with Crippen molar-refractivity contribution in [3.05, 3.63) is 72.1 Å². The van der Waals surface area contributed by atoms with Crippen molar-refractivity contribution in [2.24, 2.45) is 4.99 Å². The van der Waals surface area contributed by atoms with E-state index >= 15 is 0 Å². The Morgan fingerprint density at radius 2 is 1.88 bits per heavy atom. The molecule has 0 aliphatic heterocycles. The van der Waals surface area contributed by atoms with Gasteiger partial charge in [-0.2, -0.15) is 5.10 Å². The Hall–Kier alpha value is -2.75. The third-order valence-electron chi connectivity index (χ3n) is 5.68. The number of para-hydroxylation sites is 1. The van der Waals surface area contributed by atoms with Crippen molar-refractivity contribution < 1.29 is 9.47 Å². The summed E-state index contributed by atoms with van der Waals surface area (Å²) < 4.78 is 13.8. The molecule has 33 heavy (non-hydrogen) atoms. The Labute approximate surface area is 212 Å². The van der Waals surface area contributed by atoms with E-state index in [2.05, 4.69) is 38.9 Å². The monoisotopic (exact) mass is 561 g/mol. The van der Waals surface area contributed by atoms with Crippen LogP contribution in [0, 0.1) is 0 Å². The molecule has 1 heterocycles. The van der Waals surface area contributed by atoms with Crippen LogP contribution >= 0.6 is 24.0 Å². The SMILES string of the molecule is CN=C(NCc1cccc(-n2cccn2)c1)NCc1cccc(OC)c1OC1CCCC1.I. The second-order valence-corrected chi connectivity index (χ2v) is 7.87. The number of hydrogen-bond donors (Lipinski definition) is 2. The lowest BCUT2D eigenvalue weighted by atomic mass is 10.1. The van der Waals surface area contributed by atoms with Crippen molar-refractivity contribution in [3.8, 4) is 17.2 Å². The van der Waals surface area contributed by atoms with E-state index < -0.39 is 0 Å². The highest BCUT2D eigenvalue weighted by Gasteiger charge is 2.20. The van der Waals surface area contributed by atoms with Gasteiger partial charge in [-0.05, 0) is 55.5 Å². The molecule has 0 bridgehead atoms. The van der Waals surface area contributed by atoms with Gasteiger partial charge in [0.15, 0.2) is 17.5 Å². The lowest BCUT2D eigenvalue weighted by molar-refractivity contribution is 0.198. The number of ether oxygens (including phenoxy) is 2. The van der Waals surface area contributed by atoms with Gasteiger partial charge in [-0.15, -0.1) is 24.0 Å². The summed E-state index contributed by atoms with van der Waals surface area (Å²) in [5, 5.41) is 11.1. The molecule has 1 saturated carbocycles. The van der Waals surface area contributed by atoms with Gasteiger partial charge in [0.2, 0.25) is 0 Å². The van der Waals surface area contributed by atoms with E-state index in [4.69, 9.17) is 9.47 Å². The highest BCUT2D eigenvalue weighted by Crippen LogP contribution is 2.34. The summed E-state index contributed by atoms with van der Waals surface area (Å²) in [6.45, 7) is 1.24. The van der Waals surface area contributed by atoms with Gasteiger partial charge in [-0.3, -0.25) is 4.99 Å². The number of nitrogens with one attached hydrogen (secondary N) is 2. The number of aromatic nitrogens is 2. The summed E-state index contributed by atoms with van der Waals surface area (Å²) in [7, 11) is 3.46. The first-order chi connectivity index (χ1) is 15.8. The van der Waals surface area contributed by atoms with E-state index in [0.717, 1.165) is 47.1 Å². The largest absolute Gasteiger partial charge is 0.493 e. The second kappa shape index (κ2) is 12.5. The number of nitrogens with zero attached hydrogens (tertiary/aromatic N) is 3. The number of rotatable bonds is 8. The minimum atomic E-state index is 0. The van der Waals surface area contributed by atoms with Crippen LogP contribution in [0.25, 0.3) is 5.69 Å². The molecule has 0 atom stereocenters. The molecular weight excluding hydrogens is 529 g/mol. The first-order valence-electron chi connectivity index (χ1n) is 11.1. The molecule has 1 aliphatic rings. The maximum Gasteiger partial charge on any atom is 0.191 e. The highest BCUT2D eigenvalue weighted by molar-refractivity contribution is 14.0. The average molecular weight is 561 g/mol. The maximum atomic E-state index is 6.34. The molecule has 176 valence electrons. The molecule has 3 aromatic rings. The van der Waals surface area contributed by atoms with Gasteiger partial charge in [0.05, 0.1) is 18.9 Å². The minimum Gasteiger partial charge on any atom is -0.493 e. The van der Waals surface area contributed by atoms with Gasteiger partial charge >= 0.3 is 0 Å². The van der Waals surface area contributed by atoms with Crippen LogP contribution in [0.5, 0.6) is 11.5 Å². The summed E-state index contributed by atoms with van der Waals surface area (Å²) in [4.78, 5) is 4.37. The minimum absolute atomic E-state index is 0. The van der Waals surface area contributed by atoms with Crippen LogP contribution < -0.4 is 20.1 Å². The fraction of sp³-hybridized carbons (Fsp3) is 0.360. The molecular formula is C25H32IN5O2. The van der Waals surface area contributed by atoms with Crippen molar-refractivity contribution in [3.63, 3.8) is 0 Å². The topological polar surface area (TPSA) is 72.7 Å². The van der Waals surface area contributed by atoms with E-state index in [1.54, 1.807) is 20.4 Å². The second-order valence-electron chi connectivity index (χ2n) is 7.87. The molecule has 1 aromatic heterocycles. The number of halogens is 1. The Kier molecular flexibility index (Phi) is 9.41. The standard InChI is InChI=1S/C25H31N5O2.HI/c1-26-25(27-17-19-8-5-10-21(16-19)30-15-7-14-29-30)28-18-20-9-6-13-23(31-2)24(20)32-22-11-3-4-12-22;/h5-10,13-16,22H,3-4,11-12,17-18H2,1-2H3,(H2,26,27,28);1H. The van der Waals surface area contributed by atoms with Gasteiger partial charge < -0.3 is 20.1 Å². The number of aliphatic imine (C=N–C) groups is 1.